The highest BCUT2D eigenvalue weighted by atomic mass is 16.3. The molecule has 6 nitrogen and oxygen atoms in total. The largest absolute Gasteiger partial charge is 0.467 e. The van der Waals surface area contributed by atoms with Crippen LogP contribution in [0.1, 0.15) is 21.8 Å². The van der Waals surface area contributed by atoms with Crippen molar-refractivity contribution in [2.75, 3.05) is 0 Å². The number of pyridine rings is 1. The van der Waals surface area contributed by atoms with E-state index in [0.717, 1.165) is 16.6 Å². The first kappa shape index (κ1) is 15.1. The van der Waals surface area contributed by atoms with Crippen LogP contribution in [0.5, 0.6) is 0 Å². The average Bonchev–Trinajstić information content (AvgIpc) is 3.29. The number of carbonyl (C=O) groups excluding carboxylic acids is 1. The third-order valence-corrected chi connectivity index (χ3v) is 4.06. The summed E-state index contributed by atoms with van der Waals surface area (Å²) in [7, 11) is 0. The molecule has 0 aliphatic rings. The van der Waals surface area contributed by atoms with Crippen molar-refractivity contribution >= 4 is 16.8 Å². The van der Waals surface area contributed by atoms with Crippen LogP contribution in [-0.4, -0.2) is 20.7 Å². The van der Waals surface area contributed by atoms with Crippen LogP contribution >= 0.6 is 0 Å². The molecule has 0 spiro atoms. The first-order chi connectivity index (χ1) is 12.2. The minimum atomic E-state index is -0.194. The standard InChI is InChI=1S/C19H16N4O2/c1-13-16(19(24)20-11-15-6-4-10-25-15)12-21-23(13)18-9-8-14-5-2-3-7-17(14)22-18/h2-10,12H,11H2,1H3,(H,20,24). The van der Waals surface area contributed by atoms with Crippen LogP contribution in [0.25, 0.3) is 16.7 Å². The number of nitrogens with zero attached hydrogens (tertiary/aromatic N) is 3. The SMILES string of the molecule is Cc1c(C(=O)NCc2ccco2)cnn1-c1ccc2ccccc2n1. The van der Waals surface area contributed by atoms with Crippen molar-refractivity contribution in [2.24, 2.45) is 0 Å². The molecular formula is C19H16N4O2. The van der Waals surface area contributed by atoms with E-state index in [1.54, 1.807) is 23.2 Å². The maximum atomic E-state index is 12.4. The van der Waals surface area contributed by atoms with E-state index >= 15 is 0 Å². The maximum Gasteiger partial charge on any atom is 0.255 e. The summed E-state index contributed by atoms with van der Waals surface area (Å²) in [6, 6.07) is 15.4. The minimum absolute atomic E-state index is 0.194. The van der Waals surface area contributed by atoms with Gasteiger partial charge in [-0.25, -0.2) is 9.67 Å². The summed E-state index contributed by atoms with van der Waals surface area (Å²) in [5, 5.41) is 8.22. The molecule has 25 heavy (non-hydrogen) atoms. The van der Waals surface area contributed by atoms with Crippen LogP contribution in [0, 0.1) is 6.92 Å². The van der Waals surface area contributed by atoms with Gasteiger partial charge in [-0.1, -0.05) is 18.2 Å². The fourth-order valence-corrected chi connectivity index (χ4v) is 2.71. The second kappa shape index (κ2) is 6.24. The Morgan fingerprint density at radius 1 is 1.16 bits per heavy atom. The van der Waals surface area contributed by atoms with E-state index in [2.05, 4.69) is 15.4 Å². The molecule has 0 bridgehead atoms. The van der Waals surface area contributed by atoms with E-state index in [1.165, 1.54) is 0 Å². The van der Waals surface area contributed by atoms with Gasteiger partial charge in [0, 0.05) is 5.39 Å². The van der Waals surface area contributed by atoms with E-state index < -0.39 is 0 Å². The summed E-state index contributed by atoms with van der Waals surface area (Å²) >= 11 is 0. The van der Waals surface area contributed by atoms with E-state index in [0.29, 0.717) is 23.7 Å². The van der Waals surface area contributed by atoms with Crippen molar-refractivity contribution in [3.05, 3.63) is 78.0 Å². The molecule has 1 N–H and O–H groups in total. The first-order valence-electron chi connectivity index (χ1n) is 7.94. The second-order valence-electron chi connectivity index (χ2n) is 5.68. The van der Waals surface area contributed by atoms with Gasteiger partial charge in [-0.15, -0.1) is 0 Å². The molecule has 0 saturated heterocycles. The van der Waals surface area contributed by atoms with Crippen molar-refractivity contribution in [1.82, 2.24) is 20.1 Å². The number of rotatable bonds is 4. The molecular weight excluding hydrogens is 316 g/mol. The monoisotopic (exact) mass is 332 g/mol. The number of carbonyl (C=O) groups is 1. The lowest BCUT2D eigenvalue weighted by molar-refractivity contribution is 0.0947. The zero-order valence-corrected chi connectivity index (χ0v) is 13.6. The van der Waals surface area contributed by atoms with Crippen LogP contribution in [0.15, 0.2) is 65.4 Å². The van der Waals surface area contributed by atoms with Crippen LogP contribution in [0.4, 0.5) is 0 Å². The molecule has 0 atom stereocenters. The Bertz CT molecular complexity index is 1030. The number of aromatic nitrogens is 3. The lowest BCUT2D eigenvalue weighted by Gasteiger charge is -2.06. The molecule has 4 aromatic rings. The highest BCUT2D eigenvalue weighted by molar-refractivity contribution is 5.95. The molecule has 1 aromatic carbocycles. The van der Waals surface area contributed by atoms with Gasteiger partial charge in [0.25, 0.3) is 5.91 Å². The quantitative estimate of drug-likeness (QED) is 0.622. The average molecular weight is 332 g/mol. The molecule has 6 heteroatoms. The van der Waals surface area contributed by atoms with Crippen molar-refractivity contribution in [2.45, 2.75) is 13.5 Å². The Kier molecular flexibility index (Phi) is 3.78. The number of benzene rings is 1. The fourth-order valence-electron chi connectivity index (χ4n) is 2.71. The number of furan rings is 1. The number of para-hydroxylation sites is 1. The highest BCUT2D eigenvalue weighted by Gasteiger charge is 2.16. The zero-order chi connectivity index (χ0) is 17.2. The predicted octanol–water partition coefficient (Wildman–Crippen LogP) is 3.25. The second-order valence-corrected chi connectivity index (χ2v) is 5.68. The van der Waals surface area contributed by atoms with Crippen molar-refractivity contribution < 1.29 is 9.21 Å². The molecule has 3 aromatic heterocycles. The summed E-state index contributed by atoms with van der Waals surface area (Å²) < 4.78 is 6.89. The van der Waals surface area contributed by atoms with Gasteiger partial charge in [0.05, 0.1) is 35.8 Å². The Labute approximate surface area is 144 Å². The first-order valence-corrected chi connectivity index (χ1v) is 7.94. The summed E-state index contributed by atoms with van der Waals surface area (Å²) in [6.07, 6.45) is 3.14. The van der Waals surface area contributed by atoms with Crippen molar-refractivity contribution in [3.8, 4) is 5.82 Å². The van der Waals surface area contributed by atoms with E-state index in [1.807, 2.05) is 49.4 Å². The molecule has 4 rings (SSSR count). The van der Waals surface area contributed by atoms with E-state index in [-0.39, 0.29) is 5.91 Å². The molecule has 0 aliphatic carbocycles. The van der Waals surface area contributed by atoms with Crippen LogP contribution in [-0.2, 0) is 6.54 Å². The number of hydrogen-bond acceptors (Lipinski definition) is 4. The van der Waals surface area contributed by atoms with Crippen molar-refractivity contribution in [1.29, 1.82) is 0 Å². The summed E-state index contributed by atoms with van der Waals surface area (Å²) in [5.41, 5.74) is 2.14. The summed E-state index contributed by atoms with van der Waals surface area (Å²) in [6.45, 7) is 2.19. The number of nitrogens with one attached hydrogen (secondary N) is 1. The van der Waals surface area contributed by atoms with Gasteiger partial charge in [-0.3, -0.25) is 4.79 Å². The Morgan fingerprint density at radius 3 is 2.88 bits per heavy atom. The Hall–Kier alpha value is -3.41. The lowest BCUT2D eigenvalue weighted by Crippen LogP contribution is -2.23. The summed E-state index contributed by atoms with van der Waals surface area (Å²) in [4.78, 5) is 17.0. The van der Waals surface area contributed by atoms with Gasteiger partial charge < -0.3 is 9.73 Å². The molecule has 0 fully saturated rings. The molecule has 0 unspecified atom stereocenters. The molecule has 0 aliphatic heterocycles. The topological polar surface area (TPSA) is 73.0 Å². The van der Waals surface area contributed by atoms with Gasteiger partial charge in [-0.2, -0.15) is 5.10 Å². The van der Waals surface area contributed by atoms with Gasteiger partial charge in [0.15, 0.2) is 5.82 Å². The molecule has 0 radical (unpaired) electrons. The molecule has 1 amide bonds. The summed E-state index contributed by atoms with van der Waals surface area (Å²) in [5.74, 6) is 1.19. The molecule has 124 valence electrons. The molecule has 3 heterocycles. The van der Waals surface area contributed by atoms with Crippen LogP contribution < -0.4 is 5.32 Å². The fraction of sp³-hybridized carbons (Fsp3) is 0.105. The number of fused-ring (bicyclic) bond motifs is 1. The minimum Gasteiger partial charge on any atom is -0.467 e. The molecule has 0 saturated carbocycles. The smallest absolute Gasteiger partial charge is 0.255 e. The Morgan fingerprint density at radius 2 is 2.04 bits per heavy atom. The van der Waals surface area contributed by atoms with Gasteiger partial charge in [-0.05, 0) is 37.3 Å². The van der Waals surface area contributed by atoms with Gasteiger partial charge in [0.2, 0.25) is 0 Å². The normalized spacial score (nSPS) is 10.9. The van der Waals surface area contributed by atoms with Crippen LogP contribution in [0.3, 0.4) is 0 Å². The van der Waals surface area contributed by atoms with Gasteiger partial charge >= 0.3 is 0 Å². The van der Waals surface area contributed by atoms with Gasteiger partial charge in [0.1, 0.15) is 5.76 Å². The number of hydrogen-bond donors (Lipinski definition) is 1. The highest BCUT2D eigenvalue weighted by Crippen LogP contribution is 2.17. The van der Waals surface area contributed by atoms with Crippen LogP contribution in [0.2, 0.25) is 0 Å². The third-order valence-electron chi connectivity index (χ3n) is 4.06. The van der Waals surface area contributed by atoms with E-state index in [4.69, 9.17) is 4.42 Å². The maximum absolute atomic E-state index is 12.4. The van der Waals surface area contributed by atoms with E-state index in [9.17, 15) is 4.79 Å². The Balaban J connectivity index is 1.60. The zero-order valence-electron chi connectivity index (χ0n) is 13.6. The lowest BCUT2D eigenvalue weighted by atomic mass is 10.2. The third kappa shape index (κ3) is 2.89. The number of amides is 1. The van der Waals surface area contributed by atoms with Crippen molar-refractivity contribution in [3.63, 3.8) is 0 Å². The predicted molar refractivity (Wildman–Crippen MR) is 93.5 cm³/mol.